The fourth-order valence-electron chi connectivity index (χ4n) is 3.94. The molecule has 0 aromatic rings. The molecule has 10 nitrogen and oxygen atoms in total. The van der Waals surface area contributed by atoms with Gasteiger partial charge in [0, 0.05) is 17.9 Å². The lowest BCUT2D eigenvalue weighted by atomic mass is 9.92. The Morgan fingerprint density at radius 3 is 2.42 bits per heavy atom. The van der Waals surface area contributed by atoms with Gasteiger partial charge in [0.15, 0.2) is 0 Å². The van der Waals surface area contributed by atoms with Gasteiger partial charge in [0.1, 0.15) is 24.5 Å². The van der Waals surface area contributed by atoms with Gasteiger partial charge in [-0.25, -0.2) is 0 Å². The van der Waals surface area contributed by atoms with Gasteiger partial charge in [0.2, 0.25) is 17.7 Å². The van der Waals surface area contributed by atoms with Gasteiger partial charge in [-0.15, -0.1) is 6.58 Å². The third-order valence-electron chi connectivity index (χ3n) is 6.33. The molecule has 0 saturated carbocycles. The molecule has 1 saturated heterocycles. The van der Waals surface area contributed by atoms with E-state index >= 15 is 0 Å². The molecule has 0 aliphatic carbocycles. The van der Waals surface area contributed by atoms with Gasteiger partial charge in [0.25, 0.3) is 0 Å². The molecular formula is C27H45N3O7S3. The van der Waals surface area contributed by atoms with Crippen LogP contribution in [0.3, 0.4) is 0 Å². The van der Waals surface area contributed by atoms with Crippen molar-refractivity contribution in [2.45, 2.75) is 89.6 Å². The number of carbonyl (C=O) groups is 5. The second-order valence-electron chi connectivity index (χ2n) is 9.64. The van der Waals surface area contributed by atoms with Crippen molar-refractivity contribution in [3.63, 3.8) is 0 Å². The van der Waals surface area contributed by atoms with Crippen molar-refractivity contribution in [3.05, 3.63) is 12.7 Å². The first-order valence-corrected chi connectivity index (χ1v) is 17.5. The topological polar surface area (TPSA) is 140 Å². The number of cyclic esters (lactones) is 1. The Morgan fingerprint density at radius 2 is 1.77 bits per heavy atom. The summed E-state index contributed by atoms with van der Waals surface area (Å²) in [6, 6.07) is -2.31. The Labute approximate surface area is 250 Å². The van der Waals surface area contributed by atoms with E-state index in [9.17, 15) is 24.0 Å². The van der Waals surface area contributed by atoms with E-state index in [1.54, 1.807) is 29.5 Å². The number of amides is 3. The standard InChI is InChI=1S/C27H45N3O7S3/c1-6-8-13-39-40-17-21-27(35)30-25(18(3)7-2)22(36-12-9-11-31)16-24(33)37-19(4)15-23(32)28-20(10-14-38-5)26(34)29-21/h6,11,18-22,25H,1,7-10,12-17H2,2-5H3,(H,28,32)(H,29,34)(H,30,35)/t18?,19-,20-,21-,22+,25-/m1/s1. The fraction of sp³-hybridized carbons (Fsp3) is 0.741. The smallest absolute Gasteiger partial charge is 0.308 e. The predicted octanol–water partition coefficient (Wildman–Crippen LogP) is 2.90. The molecule has 0 spiro atoms. The second kappa shape index (κ2) is 21.1. The van der Waals surface area contributed by atoms with E-state index in [4.69, 9.17) is 9.47 Å². The van der Waals surface area contributed by atoms with Crippen LogP contribution in [0, 0.1) is 5.92 Å². The highest BCUT2D eigenvalue weighted by molar-refractivity contribution is 8.76. The molecule has 3 amide bonds. The number of aldehydes is 1. The molecule has 1 aliphatic rings. The maximum Gasteiger partial charge on any atom is 0.308 e. The molecule has 1 heterocycles. The van der Waals surface area contributed by atoms with Crippen LogP contribution in [0.2, 0.25) is 0 Å². The summed E-state index contributed by atoms with van der Waals surface area (Å²) in [5.74, 6) is -0.215. The van der Waals surface area contributed by atoms with Gasteiger partial charge in [-0.2, -0.15) is 11.8 Å². The Bertz CT molecular complexity index is 833. The lowest BCUT2D eigenvalue weighted by Gasteiger charge is -2.33. The minimum Gasteiger partial charge on any atom is -0.462 e. The molecule has 3 N–H and O–H groups in total. The third-order valence-corrected chi connectivity index (χ3v) is 9.42. The van der Waals surface area contributed by atoms with E-state index in [1.807, 2.05) is 26.2 Å². The number of allylic oxidation sites excluding steroid dienone is 1. The van der Waals surface area contributed by atoms with Crippen molar-refractivity contribution in [3.8, 4) is 0 Å². The van der Waals surface area contributed by atoms with E-state index in [2.05, 4.69) is 22.5 Å². The summed E-state index contributed by atoms with van der Waals surface area (Å²) < 4.78 is 11.4. The predicted molar refractivity (Wildman–Crippen MR) is 163 cm³/mol. The summed E-state index contributed by atoms with van der Waals surface area (Å²) in [4.78, 5) is 63.6. The van der Waals surface area contributed by atoms with Gasteiger partial charge in [-0.05, 0) is 37.7 Å². The van der Waals surface area contributed by atoms with Crippen LogP contribution in [0.1, 0.15) is 59.3 Å². The number of hydrogen-bond acceptors (Lipinski definition) is 10. The van der Waals surface area contributed by atoms with Gasteiger partial charge in [-0.1, -0.05) is 47.9 Å². The highest BCUT2D eigenvalue weighted by Crippen LogP contribution is 2.24. The molecule has 0 bridgehead atoms. The SMILES string of the molecule is C=CCCSSC[C@H]1NC(=O)[C@@H](CCSC)NC(=O)C[C@@H](C)OC(=O)C[C@H](OCCC=O)[C@@H](C(C)CC)NC1=O. The second-order valence-corrected chi connectivity index (χ2v) is 13.3. The molecule has 13 heteroatoms. The molecule has 1 fully saturated rings. The minimum atomic E-state index is -0.888. The summed E-state index contributed by atoms with van der Waals surface area (Å²) in [5.41, 5.74) is 0. The van der Waals surface area contributed by atoms with Crippen molar-refractivity contribution >= 4 is 63.3 Å². The van der Waals surface area contributed by atoms with Crippen LogP contribution in [0.5, 0.6) is 0 Å². The maximum atomic E-state index is 13.7. The molecule has 1 unspecified atom stereocenters. The molecule has 0 aromatic heterocycles. The van der Waals surface area contributed by atoms with E-state index in [0.717, 1.165) is 18.5 Å². The van der Waals surface area contributed by atoms with Crippen LogP contribution in [-0.2, 0) is 33.4 Å². The molecule has 1 aliphatic heterocycles. The van der Waals surface area contributed by atoms with Gasteiger partial charge in [0.05, 0.1) is 31.6 Å². The van der Waals surface area contributed by atoms with Gasteiger partial charge in [-0.3, -0.25) is 19.2 Å². The van der Waals surface area contributed by atoms with Crippen molar-refractivity contribution in [2.75, 3.05) is 30.1 Å². The first-order valence-electron chi connectivity index (χ1n) is 13.7. The van der Waals surface area contributed by atoms with Crippen LogP contribution in [0.25, 0.3) is 0 Å². The van der Waals surface area contributed by atoms with E-state index < -0.39 is 54.0 Å². The number of esters is 1. The Balaban J connectivity index is 3.37. The zero-order valence-corrected chi connectivity index (χ0v) is 26.4. The Kier molecular flexibility index (Phi) is 19.1. The molecule has 228 valence electrons. The average Bonchev–Trinajstić information content (AvgIpc) is 2.91. The summed E-state index contributed by atoms with van der Waals surface area (Å²) >= 11 is 1.54. The normalized spacial score (nSPS) is 25.9. The lowest BCUT2D eigenvalue weighted by Crippen LogP contribution is -2.58. The molecule has 6 atom stereocenters. The van der Waals surface area contributed by atoms with Crippen molar-refractivity contribution in [1.29, 1.82) is 0 Å². The van der Waals surface area contributed by atoms with Crippen LogP contribution in [-0.4, -0.2) is 90.4 Å². The highest BCUT2D eigenvalue weighted by atomic mass is 33.1. The first-order chi connectivity index (χ1) is 19.2. The van der Waals surface area contributed by atoms with Crippen LogP contribution < -0.4 is 16.0 Å². The zero-order chi connectivity index (χ0) is 29.9. The van der Waals surface area contributed by atoms with Crippen molar-refractivity contribution in [1.82, 2.24) is 16.0 Å². The number of ether oxygens (including phenoxy) is 2. The quantitative estimate of drug-likeness (QED) is 0.0824. The molecule has 0 radical (unpaired) electrons. The van der Waals surface area contributed by atoms with E-state index in [1.165, 1.54) is 10.8 Å². The minimum absolute atomic E-state index is 0.0787. The van der Waals surface area contributed by atoms with Crippen LogP contribution in [0.15, 0.2) is 12.7 Å². The lowest BCUT2D eigenvalue weighted by molar-refractivity contribution is -0.154. The van der Waals surface area contributed by atoms with Gasteiger partial charge < -0.3 is 30.2 Å². The monoisotopic (exact) mass is 619 g/mol. The fourth-order valence-corrected chi connectivity index (χ4v) is 6.59. The van der Waals surface area contributed by atoms with Gasteiger partial charge >= 0.3 is 5.97 Å². The Morgan fingerprint density at radius 1 is 1.05 bits per heavy atom. The van der Waals surface area contributed by atoms with Crippen LogP contribution in [0.4, 0.5) is 0 Å². The largest absolute Gasteiger partial charge is 0.462 e. The average molecular weight is 620 g/mol. The maximum absolute atomic E-state index is 13.7. The summed E-state index contributed by atoms with van der Waals surface area (Å²) in [5, 5.41) is 8.63. The number of rotatable bonds is 15. The van der Waals surface area contributed by atoms with E-state index in [0.29, 0.717) is 24.3 Å². The first kappa shape index (κ1) is 36.3. The molecular weight excluding hydrogens is 575 g/mol. The summed E-state index contributed by atoms with van der Waals surface area (Å²) in [6.45, 7) is 9.32. The van der Waals surface area contributed by atoms with E-state index in [-0.39, 0.29) is 31.8 Å². The number of thioether (sulfide) groups is 1. The summed E-state index contributed by atoms with van der Waals surface area (Å²) in [7, 11) is 3.04. The summed E-state index contributed by atoms with van der Waals surface area (Å²) in [6.07, 6.45) is 4.68. The zero-order valence-electron chi connectivity index (χ0n) is 24.0. The number of hydrogen-bond donors (Lipinski definition) is 3. The third kappa shape index (κ3) is 14.3. The Hall–Kier alpha value is -1.70. The van der Waals surface area contributed by atoms with Crippen LogP contribution >= 0.6 is 33.3 Å². The van der Waals surface area contributed by atoms with Crippen molar-refractivity contribution < 1.29 is 33.4 Å². The molecule has 0 aromatic carbocycles. The highest BCUT2D eigenvalue weighted by Gasteiger charge is 2.35. The molecule has 1 rings (SSSR count). The number of nitrogens with one attached hydrogen (secondary N) is 3. The molecule has 40 heavy (non-hydrogen) atoms. The number of carbonyl (C=O) groups excluding carboxylic acids is 5. The van der Waals surface area contributed by atoms with Crippen molar-refractivity contribution in [2.24, 2.45) is 5.92 Å².